The Morgan fingerprint density at radius 1 is 1.08 bits per heavy atom. The SMILES string of the molecule is NC1=NCc2cc3cc(C(=O)CCN4CCCCC4)ccc3cc21. The van der Waals surface area contributed by atoms with Crippen molar-refractivity contribution in [2.45, 2.75) is 32.2 Å². The summed E-state index contributed by atoms with van der Waals surface area (Å²) in [6.45, 7) is 3.80. The highest BCUT2D eigenvalue weighted by Gasteiger charge is 2.16. The molecule has 0 bridgehead atoms. The summed E-state index contributed by atoms with van der Waals surface area (Å²) in [4.78, 5) is 19.2. The molecule has 0 atom stereocenters. The van der Waals surface area contributed by atoms with Gasteiger partial charge in [-0.25, -0.2) is 0 Å². The van der Waals surface area contributed by atoms with Crippen molar-refractivity contribution in [3.05, 3.63) is 47.0 Å². The Bertz CT molecular complexity index is 819. The second kappa shape index (κ2) is 6.36. The lowest BCUT2D eigenvalue weighted by molar-refractivity contribution is 0.0959. The molecule has 2 aromatic rings. The molecule has 1 saturated heterocycles. The lowest BCUT2D eigenvalue weighted by atomic mass is 9.98. The van der Waals surface area contributed by atoms with Crippen LogP contribution >= 0.6 is 0 Å². The number of hydrogen-bond donors (Lipinski definition) is 1. The molecule has 0 unspecified atom stereocenters. The summed E-state index contributed by atoms with van der Waals surface area (Å²) in [5.41, 5.74) is 8.91. The van der Waals surface area contributed by atoms with E-state index in [4.69, 9.17) is 5.73 Å². The van der Waals surface area contributed by atoms with Gasteiger partial charge < -0.3 is 10.6 Å². The minimum Gasteiger partial charge on any atom is -0.383 e. The molecular weight excluding hydrogens is 298 g/mol. The Balaban J connectivity index is 1.51. The summed E-state index contributed by atoms with van der Waals surface area (Å²) in [5.74, 6) is 0.854. The van der Waals surface area contributed by atoms with Crippen LogP contribution in [0.1, 0.15) is 47.2 Å². The summed E-state index contributed by atoms with van der Waals surface area (Å²) < 4.78 is 0. The fourth-order valence-corrected chi connectivity index (χ4v) is 3.73. The Labute approximate surface area is 142 Å². The monoisotopic (exact) mass is 321 g/mol. The van der Waals surface area contributed by atoms with Crippen LogP contribution in [0.4, 0.5) is 0 Å². The zero-order valence-electron chi connectivity index (χ0n) is 13.9. The summed E-state index contributed by atoms with van der Waals surface area (Å²) in [6, 6.07) is 10.2. The van der Waals surface area contributed by atoms with Gasteiger partial charge in [-0.2, -0.15) is 0 Å². The molecule has 4 rings (SSSR count). The van der Waals surface area contributed by atoms with Crippen molar-refractivity contribution in [3.63, 3.8) is 0 Å². The highest BCUT2D eigenvalue weighted by Crippen LogP contribution is 2.25. The third-order valence-electron chi connectivity index (χ3n) is 5.18. The van der Waals surface area contributed by atoms with Crippen LogP contribution in [0.15, 0.2) is 35.3 Å². The topological polar surface area (TPSA) is 58.7 Å². The van der Waals surface area contributed by atoms with Gasteiger partial charge in [0.2, 0.25) is 0 Å². The molecule has 2 N–H and O–H groups in total. The van der Waals surface area contributed by atoms with Gasteiger partial charge in [-0.15, -0.1) is 0 Å². The van der Waals surface area contributed by atoms with Crippen LogP contribution < -0.4 is 5.73 Å². The largest absolute Gasteiger partial charge is 0.383 e. The third-order valence-corrected chi connectivity index (χ3v) is 5.18. The quantitative estimate of drug-likeness (QED) is 0.880. The Hall–Kier alpha value is -2.20. The highest BCUT2D eigenvalue weighted by molar-refractivity contribution is 6.06. The number of hydrogen-bond acceptors (Lipinski definition) is 4. The number of nitrogens with two attached hydrogens (primary N) is 1. The minimum atomic E-state index is 0.235. The second-order valence-corrected chi connectivity index (χ2v) is 6.85. The van der Waals surface area contributed by atoms with E-state index in [1.165, 1.54) is 19.3 Å². The molecule has 4 heteroatoms. The number of rotatable bonds is 4. The number of aliphatic imine (C=N–C) groups is 1. The van der Waals surface area contributed by atoms with Crippen LogP contribution in [-0.4, -0.2) is 36.2 Å². The smallest absolute Gasteiger partial charge is 0.164 e. The summed E-state index contributed by atoms with van der Waals surface area (Å²) in [5, 5.41) is 2.21. The van der Waals surface area contributed by atoms with E-state index >= 15 is 0 Å². The molecule has 0 aliphatic carbocycles. The van der Waals surface area contributed by atoms with Gasteiger partial charge in [-0.1, -0.05) is 18.6 Å². The number of nitrogens with zero attached hydrogens (tertiary/aromatic N) is 2. The number of Topliss-reactive ketones (excluding diaryl/α,β-unsaturated/α-hetero) is 1. The van der Waals surface area contributed by atoms with Crippen molar-refractivity contribution in [1.82, 2.24) is 4.90 Å². The van der Waals surface area contributed by atoms with E-state index in [1.807, 2.05) is 18.2 Å². The molecule has 2 aliphatic rings. The number of benzene rings is 2. The fraction of sp³-hybridized carbons (Fsp3) is 0.400. The zero-order valence-corrected chi connectivity index (χ0v) is 13.9. The Morgan fingerprint density at radius 2 is 1.92 bits per heavy atom. The standard InChI is InChI=1S/C20H23N3O/c21-20-18-12-14-4-5-15(10-16(14)11-17(18)13-22-20)19(24)6-9-23-7-2-1-3-8-23/h4-5,10-12H,1-3,6-9,13H2,(H2,21,22). The minimum absolute atomic E-state index is 0.235. The maximum absolute atomic E-state index is 12.5. The van der Waals surface area contributed by atoms with Crippen molar-refractivity contribution in [1.29, 1.82) is 0 Å². The van der Waals surface area contributed by atoms with Gasteiger partial charge in [0.25, 0.3) is 0 Å². The van der Waals surface area contributed by atoms with Gasteiger partial charge in [-0.3, -0.25) is 9.79 Å². The van der Waals surface area contributed by atoms with Gasteiger partial charge in [0.1, 0.15) is 5.84 Å². The van der Waals surface area contributed by atoms with Crippen LogP contribution in [0, 0.1) is 0 Å². The maximum Gasteiger partial charge on any atom is 0.164 e. The van der Waals surface area contributed by atoms with E-state index in [0.29, 0.717) is 18.8 Å². The first-order chi connectivity index (χ1) is 11.7. The number of amidine groups is 1. The van der Waals surface area contributed by atoms with Crippen LogP contribution in [0.25, 0.3) is 10.8 Å². The van der Waals surface area contributed by atoms with Crippen molar-refractivity contribution < 1.29 is 4.79 Å². The third kappa shape index (κ3) is 2.94. The lowest BCUT2D eigenvalue weighted by Gasteiger charge is -2.25. The van der Waals surface area contributed by atoms with Crippen molar-refractivity contribution in [2.75, 3.05) is 19.6 Å². The van der Waals surface area contributed by atoms with E-state index in [1.54, 1.807) is 0 Å². The van der Waals surface area contributed by atoms with E-state index in [2.05, 4.69) is 22.0 Å². The molecule has 1 fully saturated rings. The maximum atomic E-state index is 12.5. The number of piperidine rings is 1. The number of fused-ring (bicyclic) bond motifs is 2. The van der Waals surface area contributed by atoms with Gasteiger partial charge >= 0.3 is 0 Å². The van der Waals surface area contributed by atoms with Gasteiger partial charge in [0.05, 0.1) is 6.54 Å². The molecule has 0 saturated carbocycles. The normalized spacial score (nSPS) is 17.8. The van der Waals surface area contributed by atoms with E-state index < -0.39 is 0 Å². The second-order valence-electron chi connectivity index (χ2n) is 6.85. The molecule has 2 aromatic carbocycles. The molecule has 0 radical (unpaired) electrons. The van der Waals surface area contributed by atoms with Crippen LogP contribution in [-0.2, 0) is 6.54 Å². The fourth-order valence-electron chi connectivity index (χ4n) is 3.73. The van der Waals surface area contributed by atoms with Crippen LogP contribution in [0.5, 0.6) is 0 Å². The summed E-state index contributed by atoms with van der Waals surface area (Å²) >= 11 is 0. The first-order valence-electron chi connectivity index (χ1n) is 8.83. The van der Waals surface area contributed by atoms with Crippen LogP contribution in [0.2, 0.25) is 0 Å². The molecular formula is C20H23N3O. The lowest BCUT2D eigenvalue weighted by Crippen LogP contribution is -2.31. The zero-order chi connectivity index (χ0) is 16.5. The molecule has 2 heterocycles. The molecule has 0 spiro atoms. The molecule has 0 amide bonds. The number of ketones is 1. The van der Waals surface area contributed by atoms with Gasteiger partial charge in [0.15, 0.2) is 5.78 Å². The highest BCUT2D eigenvalue weighted by atomic mass is 16.1. The molecule has 4 nitrogen and oxygen atoms in total. The van der Waals surface area contributed by atoms with Crippen molar-refractivity contribution in [2.24, 2.45) is 10.7 Å². The summed E-state index contributed by atoms with van der Waals surface area (Å²) in [6.07, 6.45) is 4.46. The van der Waals surface area contributed by atoms with Gasteiger partial charge in [-0.05, 0) is 60.5 Å². The number of carbonyl (C=O) groups excluding carboxylic acids is 1. The molecule has 124 valence electrons. The van der Waals surface area contributed by atoms with Crippen molar-refractivity contribution in [3.8, 4) is 0 Å². The molecule has 24 heavy (non-hydrogen) atoms. The summed E-state index contributed by atoms with van der Waals surface area (Å²) in [7, 11) is 0. The predicted molar refractivity (Wildman–Crippen MR) is 97.6 cm³/mol. The van der Waals surface area contributed by atoms with Crippen molar-refractivity contribution >= 4 is 22.4 Å². The van der Waals surface area contributed by atoms with E-state index in [0.717, 1.165) is 47.1 Å². The van der Waals surface area contributed by atoms with Crippen LogP contribution in [0.3, 0.4) is 0 Å². The molecule has 2 aliphatic heterocycles. The first-order valence-corrected chi connectivity index (χ1v) is 8.83. The Kier molecular flexibility index (Phi) is 4.07. The predicted octanol–water partition coefficient (Wildman–Crippen LogP) is 3.12. The van der Waals surface area contributed by atoms with E-state index in [-0.39, 0.29) is 5.78 Å². The first kappa shape index (κ1) is 15.3. The number of carbonyl (C=O) groups is 1. The van der Waals surface area contributed by atoms with Gasteiger partial charge in [0, 0.05) is 24.1 Å². The number of likely N-dealkylation sites (tertiary alicyclic amines) is 1. The Morgan fingerprint density at radius 3 is 2.75 bits per heavy atom. The average molecular weight is 321 g/mol. The molecule has 0 aromatic heterocycles. The van der Waals surface area contributed by atoms with E-state index in [9.17, 15) is 4.79 Å². The average Bonchev–Trinajstić information content (AvgIpc) is 2.98.